The molecule has 0 amide bonds. The van der Waals surface area contributed by atoms with E-state index < -0.39 is 0 Å². The summed E-state index contributed by atoms with van der Waals surface area (Å²) in [4.78, 5) is 0.852. The Morgan fingerprint density at radius 1 is 1.37 bits per heavy atom. The van der Waals surface area contributed by atoms with Crippen LogP contribution in [0.25, 0.3) is 0 Å². The summed E-state index contributed by atoms with van der Waals surface area (Å²) >= 11 is 5.37. The molecule has 0 aliphatic rings. The lowest BCUT2D eigenvalue weighted by Gasteiger charge is -2.13. The van der Waals surface area contributed by atoms with Crippen LogP contribution in [0.3, 0.4) is 0 Å². The van der Waals surface area contributed by atoms with E-state index in [-0.39, 0.29) is 12.1 Å². The zero-order valence-corrected chi connectivity index (χ0v) is 12.6. The van der Waals surface area contributed by atoms with Crippen molar-refractivity contribution >= 4 is 17.1 Å². The number of thiocarbonyl (C=S) groups is 1. The molecule has 0 radical (unpaired) electrons. The minimum absolute atomic E-state index is 0.175. The summed E-state index contributed by atoms with van der Waals surface area (Å²) in [5.74, 6) is -0.224. The normalized spacial score (nSPS) is 12.4. The van der Waals surface area contributed by atoms with Gasteiger partial charge in [-0.25, -0.2) is 4.39 Å². The molecule has 0 N–H and O–H groups in total. The molecule has 1 rings (SSSR count). The van der Waals surface area contributed by atoms with E-state index in [9.17, 15) is 4.39 Å². The first kappa shape index (κ1) is 16.2. The van der Waals surface area contributed by atoms with Gasteiger partial charge in [-0.15, -0.1) is 0 Å². The van der Waals surface area contributed by atoms with Gasteiger partial charge in [-0.1, -0.05) is 18.3 Å². The van der Waals surface area contributed by atoms with Gasteiger partial charge in [0.2, 0.25) is 0 Å². The van der Waals surface area contributed by atoms with Crippen LogP contribution in [0.15, 0.2) is 18.2 Å². The third kappa shape index (κ3) is 5.76. The van der Waals surface area contributed by atoms with Crippen LogP contribution in [0.1, 0.15) is 37.8 Å². The van der Waals surface area contributed by atoms with E-state index in [1.165, 1.54) is 12.1 Å². The molecule has 0 heterocycles. The Morgan fingerprint density at radius 3 is 2.74 bits per heavy atom. The number of halogens is 1. The van der Waals surface area contributed by atoms with Crippen molar-refractivity contribution in [2.45, 2.75) is 39.9 Å². The maximum atomic E-state index is 13.0. The van der Waals surface area contributed by atoms with E-state index in [1.54, 1.807) is 6.07 Å². The van der Waals surface area contributed by atoms with Gasteiger partial charge in [0, 0.05) is 11.5 Å². The first-order chi connectivity index (χ1) is 9.04. The number of rotatable bonds is 8. The Morgan fingerprint density at radius 2 is 2.11 bits per heavy atom. The standard InChI is InChI=1S/C15H21FO2S/c1-4-17-12(3)18-9-5-6-15(19)14-8-7-13(16)10-11(14)2/h7-8,10,12H,4-6,9H2,1-3H3. The second-order valence-electron chi connectivity index (χ2n) is 4.38. The summed E-state index contributed by atoms with van der Waals surface area (Å²) in [6.07, 6.45) is 1.43. The molecule has 0 fully saturated rings. The summed E-state index contributed by atoms with van der Waals surface area (Å²) in [6.45, 7) is 6.95. The van der Waals surface area contributed by atoms with E-state index in [2.05, 4.69) is 0 Å². The Hall–Kier alpha value is -0.840. The van der Waals surface area contributed by atoms with Gasteiger partial charge in [-0.3, -0.25) is 0 Å². The van der Waals surface area contributed by atoms with Gasteiger partial charge in [0.15, 0.2) is 6.29 Å². The summed E-state index contributed by atoms with van der Waals surface area (Å²) in [5, 5.41) is 0. The van der Waals surface area contributed by atoms with Crippen molar-refractivity contribution in [3.8, 4) is 0 Å². The van der Waals surface area contributed by atoms with Crippen LogP contribution in [0.2, 0.25) is 0 Å². The molecule has 19 heavy (non-hydrogen) atoms. The molecule has 4 heteroatoms. The molecule has 0 saturated heterocycles. The number of ether oxygens (including phenoxy) is 2. The zero-order valence-electron chi connectivity index (χ0n) is 11.7. The van der Waals surface area contributed by atoms with Gasteiger partial charge in [-0.2, -0.15) is 0 Å². The largest absolute Gasteiger partial charge is 0.353 e. The maximum absolute atomic E-state index is 13.0. The highest BCUT2D eigenvalue weighted by atomic mass is 32.1. The molecule has 2 nitrogen and oxygen atoms in total. The molecule has 0 aliphatic carbocycles. The van der Waals surface area contributed by atoms with Crippen LogP contribution in [0.5, 0.6) is 0 Å². The average Bonchev–Trinajstić information content (AvgIpc) is 2.34. The molecule has 0 aliphatic heterocycles. The van der Waals surface area contributed by atoms with Crippen molar-refractivity contribution in [1.82, 2.24) is 0 Å². The van der Waals surface area contributed by atoms with Crippen molar-refractivity contribution in [2.75, 3.05) is 13.2 Å². The van der Waals surface area contributed by atoms with Gasteiger partial charge in [-0.05, 0) is 56.9 Å². The summed E-state index contributed by atoms with van der Waals surface area (Å²) in [6, 6.07) is 4.70. The summed E-state index contributed by atoms with van der Waals surface area (Å²) < 4.78 is 23.7. The Kier molecular flexibility index (Phi) is 7.13. The molecule has 0 bridgehead atoms. The lowest BCUT2D eigenvalue weighted by Crippen LogP contribution is -2.14. The molecule has 0 spiro atoms. The molecule has 1 unspecified atom stereocenters. The molecular formula is C15H21FO2S. The molecule has 0 saturated carbocycles. The lowest BCUT2D eigenvalue weighted by molar-refractivity contribution is -0.127. The fraction of sp³-hybridized carbons (Fsp3) is 0.533. The maximum Gasteiger partial charge on any atom is 0.154 e. The number of hydrogen-bond acceptors (Lipinski definition) is 3. The minimum atomic E-state index is -0.224. The first-order valence-corrected chi connectivity index (χ1v) is 6.98. The summed E-state index contributed by atoms with van der Waals surface area (Å²) in [7, 11) is 0. The Bertz CT molecular complexity index is 421. The average molecular weight is 284 g/mol. The SMILES string of the molecule is CCOC(C)OCCCC(=S)c1ccc(F)cc1C. The number of hydrogen-bond donors (Lipinski definition) is 0. The van der Waals surface area contributed by atoms with Gasteiger partial charge in [0.25, 0.3) is 0 Å². The second-order valence-corrected chi connectivity index (χ2v) is 4.87. The molecule has 0 aromatic heterocycles. The van der Waals surface area contributed by atoms with Crippen molar-refractivity contribution < 1.29 is 13.9 Å². The number of benzene rings is 1. The third-order valence-electron chi connectivity index (χ3n) is 2.79. The Balaban J connectivity index is 2.35. The van der Waals surface area contributed by atoms with Crippen LogP contribution in [-0.4, -0.2) is 24.4 Å². The fourth-order valence-electron chi connectivity index (χ4n) is 1.84. The van der Waals surface area contributed by atoms with E-state index in [1.807, 2.05) is 20.8 Å². The van der Waals surface area contributed by atoms with E-state index >= 15 is 0 Å². The molecule has 1 aromatic rings. The highest BCUT2D eigenvalue weighted by Gasteiger charge is 2.07. The molecule has 106 valence electrons. The van der Waals surface area contributed by atoms with E-state index in [0.29, 0.717) is 13.2 Å². The minimum Gasteiger partial charge on any atom is -0.353 e. The van der Waals surface area contributed by atoms with Gasteiger partial charge in [0.1, 0.15) is 5.82 Å². The molecular weight excluding hydrogens is 263 g/mol. The lowest BCUT2D eigenvalue weighted by atomic mass is 10.0. The van der Waals surface area contributed by atoms with Crippen molar-refractivity contribution in [3.63, 3.8) is 0 Å². The highest BCUT2D eigenvalue weighted by molar-refractivity contribution is 7.80. The second kappa shape index (κ2) is 8.35. The fourth-order valence-corrected chi connectivity index (χ4v) is 2.21. The quantitative estimate of drug-likeness (QED) is 0.311. The topological polar surface area (TPSA) is 18.5 Å². The predicted octanol–water partition coefficient (Wildman–Crippen LogP) is 4.03. The smallest absolute Gasteiger partial charge is 0.154 e. The van der Waals surface area contributed by atoms with Crippen LogP contribution in [-0.2, 0) is 9.47 Å². The zero-order chi connectivity index (χ0) is 14.3. The summed E-state index contributed by atoms with van der Waals surface area (Å²) in [5.41, 5.74) is 1.84. The highest BCUT2D eigenvalue weighted by Crippen LogP contribution is 2.14. The van der Waals surface area contributed by atoms with Crippen LogP contribution in [0, 0.1) is 12.7 Å². The number of aryl methyl sites for hydroxylation is 1. The van der Waals surface area contributed by atoms with Crippen molar-refractivity contribution in [3.05, 3.63) is 35.1 Å². The predicted molar refractivity (Wildman–Crippen MR) is 79.1 cm³/mol. The van der Waals surface area contributed by atoms with Crippen molar-refractivity contribution in [1.29, 1.82) is 0 Å². The van der Waals surface area contributed by atoms with Crippen LogP contribution >= 0.6 is 12.2 Å². The van der Waals surface area contributed by atoms with Crippen LogP contribution < -0.4 is 0 Å². The molecule has 1 atom stereocenters. The van der Waals surface area contributed by atoms with Gasteiger partial charge < -0.3 is 9.47 Å². The Labute approximate surface area is 119 Å². The van der Waals surface area contributed by atoms with E-state index in [0.717, 1.165) is 28.8 Å². The van der Waals surface area contributed by atoms with E-state index in [4.69, 9.17) is 21.7 Å². The van der Waals surface area contributed by atoms with Gasteiger partial charge >= 0.3 is 0 Å². The van der Waals surface area contributed by atoms with Crippen LogP contribution in [0.4, 0.5) is 4.39 Å². The van der Waals surface area contributed by atoms with Gasteiger partial charge in [0.05, 0.1) is 6.61 Å². The van der Waals surface area contributed by atoms with Crippen molar-refractivity contribution in [2.24, 2.45) is 0 Å². The molecule has 1 aromatic carbocycles. The first-order valence-electron chi connectivity index (χ1n) is 6.57. The monoisotopic (exact) mass is 284 g/mol. The third-order valence-corrected chi connectivity index (χ3v) is 3.22.